The van der Waals surface area contributed by atoms with Crippen molar-refractivity contribution in [3.63, 3.8) is 0 Å². The molecule has 0 saturated heterocycles. The van der Waals surface area contributed by atoms with Gasteiger partial charge in [0.25, 0.3) is 0 Å². The van der Waals surface area contributed by atoms with E-state index in [2.05, 4.69) is 171 Å². The van der Waals surface area contributed by atoms with Gasteiger partial charge in [-0.2, -0.15) is 10.5 Å². The molecule has 0 bridgehead atoms. The van der Waals surface area contributed by atoms with Gasteiger partial charge in [0.2, 0.25) is 0 Å². The third-order valence-corrected chi connectivity index (χ3v) is 11.1. The summed E-state index contributed by atoms with van der Waals surface area (Å²) in [6, 6.07) is 65.9. The van der Waals surface area contributed by atoms with Crippen molar-refractivity contribution < 1.29 is 0 Å². The van der Waals surface area contributed by atoms with Crippen molar-refractivity contribution >= 4 is 65.4 Å². The van der Waals surface area contributed by atoms with Crippen LogP contribution in [0.25, 0.3) is 93.6 Å². The van der Waals surface area contributed by atoms with Gasteiger partial charge in [-0.15, -0.1) is 0 Å². The maximum absolute atomic E-state index is 10.4. The monoisotopic (exact) mass is 699 g/mol. The van der Waals surface area contributed by atoms with Gasteiger partial charge in [0.15, 0.2) is 0 Å². The summed E-state index contributed by atoms with van der Waals surface area (Å²) in [4.78, 5) is 0. The van der Waals surface area contributed by atoms with E-state index in [9.17, 15) is 10.5 Å². The molecule has 11 aromatic rings. The highest BCUT2D eigenvalue weighted by Gasteiger charge is 2.21. The Labute approximate surface area is 316 Å². The SMILES string of the molecule is N#Cc1ccc(-n2c3ccccc3c3cccc(-n4c5ccccc5c5ccccc54)c32)cc1-c1ccc(-n2c3ccccc3c3cccc(C#N)c32)cc1. The third-order valence-electron chi connectivity index (χ3n) is 11.1. The quantitative estimate of drug-likeness (QED) is 0.184. The summed E-state index contributed by atoms with van der Waals surface area (Å²) < 4.78 is 6.91. The van der Waals surface area contributed by atoms with Gasteiger partial charge in [-0.25, -0.2) is 0 Å². The maximum atomic E-state index is 10.4. The summed E-state index contributed by atoms with van der Waals surface area (Å²) in [7, 11) is 0. The first-order chi connectivity index (χ1) is 27.2. The second-order valence-electron chi connectivity index (χ2n) is 14.0. The zero-order chi connectivity index (χ0) is 36.6. The zero-order valence-electron chi connectivity index (χ0n) is 29.5. The lowest BCUT2D eigenvalue weighted by atomic mass is 9.99. The molecule has 3 heterocycles. The van der Waals surface area contributed by atoms with E-state index in [0.717, 1.165) is 77.4 Å². The molecule has 0 saturated carbocycles. The number of hydrogen-bond acceptors (Lipinski definition) is 2. The van der Waals surface area contributed by atoms with Crippen molar-refractivity contribution in [1.29, 1.82) is 10.5 Å². The fourth-order valence-corrected chi connectivity index (χ4v) is 8.81. The van der Waals surface area contributed by atoms with E-state index in [1.165, 1.54) is 16.2 Å². The molecule has 0 amide bonds. The van der Waals surface area contributed by atoms with E-state index in [1.807, 2.05) is 30.3 Å². The lowest BCUT2D eigenvalue weighted by Gasteiger charge is -2.16. The maximum Gasteiger partial charge on any atom is 0.101 e. The molecular formula is C50H29N5. The second-order valence-corrected chi connectivity index (χ2v) is 14.0. The molecule has 11 rings (SSSR count). The van der Waals surface area contributed by atoms with Gasteiger partial charge in [-0.05, 0) is 72.3 Å². The third kappa shape index (κ3) is 4.39. The van der Waals surface area contributed by atoms with Gasteiger partial charge >= 0.3 is 0 Å². The van der Waals surface area contributed by atoms with E-state index in [0.29, 0.717) is 11.1 Å². The molecule has 5 heteroatoms. The normalized spacial score (nSPS) is 11.6. The highest BCUT2D eigenvalue weighted by atomic mass is 15.1. The van der Waals surface area contributed by atoms with Gasteiger partial charge in [-0.1, -0.05) is 109 Å². The Morgan fingerprint density at radius 2 is 0.800 bits per heavy atom. The molecule has 0 unspecified atom stereocenters. The summed E-state index contributed by atoms with van der Waals surface area (Å²) in [6.45, 7) is 0. The first-order valence-corrected chi connectivity index (χ1v) is 18.3. The number of nitrogens with zero attached hydrogens (tertiary/aromatic N) is 5. The highest BCUT2D eigenvalue weighted by molar-refractivity contribution is 6.15. The second kappa shape index (κ2) is 11.8. The van der Waals surface area contributed by atoms with Crippen molar-refractivity contribution in [3.8, 4) is 40.3 Å². The van der Waals surface area contributed by atoms with E-state index < -0.39 is 0 Å². The molecule has 3 aromatic heterocycles. The van der Waals surface area contributed by atoms with Crippen molar-refractivity contribution in [2.75, 3.05) is 0 Å². The van der Waals surface area contributed by atoms with Crippen LogP contribution in [0.2, 0.25) is 0 Å². The number of fused-ring (bicyclic) bond motifs is 9. The minimum absolute atomic E-state index is 0.600. The van der Waals surface area contributed by atoms with E-state index in [4.69, 9.17) is 0 Å². The van der Waals surface area contributed by atoms with Crippen LogP contribution >= 0.6 is 0 Å². The van der Waals surface area contributed by atoms with Crippen LogP contribution in [0.3, 0.4) is 0 Å². The first kappa shape index (κ1) is 30.7. The van der Waals surface area contributed by atoms with Crippen LogP contribution in [-0.2, 0) is 0 Å². The van der Waals surface area contributed by atoms with Crippen LogP contribution in [0.15, 0.2) is 176 Å². The molecule has 254 valence electrons. The number of benzene rings is 8. The number of nitriles is 2. The van der Waals surface area contributed by atoms with E-state index in [-0.39, 0.29) is 0 Å². The van der Waals surface area contributed by atoms with E-state index in [1.54, 1.807) is 0 Å². The van der Waals surface area contributed by atoms with Crippen molar-refractivity contribution in [1.82, 2.24) is 13.7 Å². The summed E-state index contributed by atoms with van der Waals surface area (Å²) in [5, 5.41) is 27.4. The molecule has 0 atom stereocenters. The molecule has 0 fully saturated rings. The minimum Gasteiger partial charge on any atom is -0.308 e. The first-order valence-electron chi connectivity index (χ1n) is 18.3. The molecule has 0 spiro atoms. The molecule has 8 aromatic carbocycles. The van der Waals surface area contributed by atoms with Crippen LogP contribution < -0.4 is 0 Å². The van der Waals surface area contributed by atoms with Crippen LogP contribution in [0, 0.1) is 22.7 Å². The molecular weight excluding hydrogens is 671 g/mol. The molecule has 0 aliphatic heterocycles. The Morgan fingerprint density at radius 1 is 0.345 bits per heavy atom. The number of rotatable bonds is 4. The Hall–Kier alpha value is -7.86. The summed E-state index contributed by atoms with van der Waals surface area (Å²) in [5.74, 6) is 0. The van der Waals surface area contributed by atoms with Gasteiger partial charge < -0.3 is 13.7 Å². The van der Waals surface area contributed by atoms with Crippen LogP contribution in [-0.4, -0.2) is 13.7 Å². The van der Waals surface area contributed by atoms with Crippen molar-refractivity contribution in [3.05, 3.63) is 187 Å². The standard InChI is InChI=1S/C50H29N5/c51-30-33-25-28-36(29-43(33)32-23-26-35(27-24-32)53-44-18-5-3-14-39(44)41-16-9-11-34(31-52)49(41)53)54-45-19-6-4-15-40(45)42-17-10-22-48(50(42)54)55-46-20-7-1-12-37(46)38-13-2-8-21-47(38)55/h1-29H. The fourth-order valence-electron chi connectivity index (χ4n) is 8.81. The number of aromatic nitrogens is 3. The Balaban J connectivity index is 1.13. The van der Waals surface area contributed by atoms with Crippen molar-refractivity contribution in [2.45, 2.75) is 0 Å². The van der Waals surface area contributed by atoms with E-state index >= 15 is 0 Å². The fraction of sp³-hybridized carbons (Fsp3) is 0. The minimum atomic E-state index is 0.600. The molecule has 5 nitrogen and oxygen atoms in total. The lowest BCUT2D eigenvalue weighted by Crippen LogP contribution is -2.01. The van der Waals surface area contributed by atoms with Gasteiger partial charge in [0.05, 0.1) is 56.0 Å². The molecule has 55 heavy (non-hydrogen) atoms. The Kier molecular flexibility index (Phi) is 6.61. The van der Waals surface area contributed by atoms with Gasteiger partial charge in [-0.3, -0.25) is 0 Å². The largest absolute Gasteiger partial charge is 0.308 e. The zero-order valence-corrected chi connectivity index (χ0v) is 29.5. The predicted octanol–water partition coefficient (Wildman–Crippen LogP) is 12.4. The van der Waals surface area contributed by atoms with Crippen LogP contribution in [0.4, 0.5) is 0 Å². The predicted molar refractivity (Wildman–Crippen MR) is 224 cm³/mol. The van der Waals surface area contributed by atoms with Gasteiger partial charge in [0, 0.05) is 49.3 Å². The molecule has 0 N–H and O–H groups in total. The average molecular weight is 700 g/mol. The summed E-state index contributed by atoms with van der Waals surface area (Å²) >= 11 is 0. The summed E-state index contributed by atoms with van der Waals surface area (Å²) in [6.07, 6.45) is 0. The van der Waals surface area contributed by atoms with Crippen LogP contribution in [0.1, 0.15) is 11.1 Å². The van der Waals surface area contributed by atoms with Crippen LogP contribution in [0.5, 0.6) is 0 Å². The Morgan fingerprint density at radius 3 is 1.38 bits per heavy atom. The summed E-state index contributed by atoms with van der Waals surface area (Å²) in [5.41, 5.74) is 12.5. The molecule has 0 radical (unpaired) electrons. The number of para-hydroxylation sites is 6. The smallest absolute Gasteiger partial charge is 0.101 e. The lowest BCUT2D eigenvalue weighted by molar-refractivity contribution is 1.13. The van der Waals surface area contributed by atoms with Gasteiger partial charge in [0.1, 0.15) is 6.07 Å². The topological polar surface area (TPSA) is 62.4 Å². The Bertz CT molecular complexity index is 3400. The molecule has 0 aliphatic carbocycles. The number of hydrogen-bond donors (Lipinski definition) is 0. The molecule has 0 aliphatic rings. The average Bonchev–Trinajstić information content (AvgIpc) is 3.90. The van der Waals surface area contributed by atoms with Crippen molar-refractivity contribution in [2.24, 2.45) is 0 Å². The highest BCUT2D eigenvalue weighted by Crippen LogP contribution is 2.41.